The lowest BCUT2D eigenvalue weighted by molar-refractivity contribution is -0.131. The van der Waals surface area contributed by atoms with Gasteiger partial charge in [0.1, 0.15) is 5.75 Å². The van der Waals surface area contributed by atoms with Crippen LogP contribution in [0.5, 0.6) is 5.75 Å². The van der Waals surface area contributed by atoms with Crippen molar-refractivity contribution in [2.24, 2.45) is 5.10 Å². The van der Waals surface area contributed by atoms with Crippen LogP contribution in [0.2, 0.25) is 0 Å². The molecule has 3 aromatic carbocycles. The Morgan fingerprint density at radius 2 is 1.71 bits per heavy atom. The van der Waals surface area contributed by atoms with Gasteiger partial charge in [-0.1, -0.05) is 53.7 Å². The van der Waals surface area contributed by atoms with Gasteiger partial charge in [-0.2, -0.15) is 5.10 Å². The van der Waals surface area contributed by atoms with E-state index in [0.717, 1.165) is 21.8 Å². The highest BCUT2D eigenvalue weighted by molar-refractivity contribution is 7.99. The summed E-state index contributed by atoms with van der Waals surface area (Å²) < 4.78 is 7.17. The second kappa shape index (κ2) is 11.0. The number of carbonyl (C=O) groups excluding carboxylic acids is 2. The maximum absolute atomic E-state index is 12.5. The molecule has 8 heteroatoms. The van der Waals surface area contributed by atoms with Crippen molar-refractivity contribution in [3.05, 3.63) is 89.5 Å². The molecule has 0 aliphatic heterocycles. The first-order chi connectivity index (χ1) is 16.9. The van der Waals surface area contributed by atoms with Gasteiger partial charge in [0.2, 0.25) is 0 Å². The molecule has 1 N–H and O–H groups in total. The summed E-state index contributed by atoms with van der Waals surface area (Å²) in [6.07, 6.45) is 0. The van der Waals surface area contributed by atoms with Gasteiger partial charge in [0.15, 0.2) is 5.16 Å². The number of aromatic nitrogens is 2. The standard InChI is InChI=1S/C27H26N4O3S/c1-18-8-10-21(11-9-18)16-31-25-7-5-4-6-24(25)28-27(31)35-17-26(33)30-29-19(2)22-12-14-23(15-13-22)34-20(3)32/h4-15H,16-17H2,1-3H3,(H,30,33)/b29-19+. The number of nitrogens with one attached hydrogen (secondary N) is 1. The van der Waals surface area contributed by atoms with Crippen molar-refractivity contribution < 1.29 is 14.3 Å². The van der Waals surface area contributed by atoms with Crippen LogP contribution in [0.25, 0.3) is 11.0 Å². The van der Waals surface area contributed by atoms with Crippen LogP contribution in [-0.4, -0.2) is 32.9 Å². The zero-order valence-corrected chi connectivity index (χ0v) is 20.6. The van der Waals surface area contributed by atoms with Crippen LogP contribution in [0, 0.1) is 6.92 Å². The van der Waals surface area contributed by atoms with Crippen molar-refractivity contribution in [1.29, 1.82) is 0 Å². The number of esters is 1. The van der Waals surface area contributed by atoms with Crippen LogP contribution >= 0.6 is 11.8 Å². The molecule has 1 amide bonds. The molecule has 4 aromatic rings. The molecule has 0 spiro atoms. The highest BCUT2D eigenvalue weighted by Gasteiger charge is 2.13. The van der Waals surface area contributed by atoms with E-state index < -0.39 is 0 Å². The average molecular weight is 487 g/mol. The summed E-state index contributed by atoms with van der Waals surface area (Å²) in [7, 11) is 0. The number of hydrogen-bond donors (Lipinski definition) is 1. The van der Waals surface area contributed by atoms with Gasteiger partial charge in [0.25, 0.3) is 5.91 Å². The Bertz CT molecular complexity index is 1380. The number of imidazole rings is 1. The minimum atomic E-state index is -0.375. The molecule has 1 heterocycles. The maximum atomic E-state index is 12.5. The number of hydrazone groups is 1. The fourth-order valence-electron chi connectivity index (χ4n) is 3.50. The van der Waals surface area contributed by atoms with E-state index in [-0.39, 0.29) is 17.6 Å². The smallest absolute Gasteiger partial charge is 0.308 e. The third-order valence-corrected chi connectivity index (χ3v) is 6.27. The molecule has 0 fully saturated rings. The number of rotatable bonds is 8. The van der Waals surface area contributed by atoms with Gasteiger partial charge < -0.3 is 9.30 Å². The average Bonchev–Trinajstić information content (AvgIpc) is 3.20. The van der Waals surface area contributed by atoms with Gasteiger partial charge in [0.05, 0.1) is 29.0 Å². The largest absolute Gasteiger partial charge is 0.427 e. The highest BCUT2D eigenvalue weighted by Crippen LogP contribution is 2.25. The van der Waals surface area contributed by atoms with E-state index in [9.17, 15) is 9.59 Å². The van der Waals surface area contributed by atoms with Gasteiger partial charge in [-0.25, -0.2) is 10.4 Å². The Kier molecular flexibility index (Phi) is 7.62. The molecule has 1 aromatic heterocycles. The summed E-state index contributed by atoms with van der Waals surface area (Å²) in [5.74, 6) is 0.0440. The summed E-state index contributed by atoms with van der Waals surface area (Å²) in [4.78, 5) is 28.3. The van der Waals surface area contributed by atoms with Crippen LogP contribution in [0.4, 0.5) is 0 Å². The summed E-state index contributed by atoms with van der Waals surface area (Å²) >= 11 is 1.38. The van der Waals surface area contributed by atoms with Gasteiger partial charge in [-0.05, 0) is 61.4 Å². The number of carbonyl (C=O) groups is 2. The number of amides is 1. The molecular formula is C27H26N4O3S. The summed E-state index contributed by atoms with van der Waals surface area (Å²) in [6, 6.07) is 23.3. The SMILES string of the molecule is CC(=O)Oc1ccc(/C(C)=N/NC(=O)CSc2nc3ccccc3n2Cc2ccc(C)cc2)cc1. The van der Waals surface area contributed by atoms with Crippen molar-refractivity contribution in [2.45, 2.75) is 32.5 Å². The minimum absolute atomic E-state index is 0.180. The molecule has 0 saturated heterocycles. The Morgan fingerprint density at radius 3 is 2.43 bits per heavy atom. The lowest BCUT2D eigenvalue weighted by Crippen LogP contribution is -2.21. The van der Waals surface area contributed by atoms with Crippen molar-refractivity contribution in [2.75, 3.05) is 5.75 Å². The number of benzene rings is 3. The monoisotopic (exact) mass is 486 g/mol. The summed E-state index contributed by atoms with van der Waals surface area (Å²) in [5, 5.41) is 4.99. The van der Waals surface area contributed by atoms with E-state index in [1.54, 1.807) is 31.2 Å². The molecule has 0 atom stereocenters. The zero-order chi connectivity index (χ0) is 24.8. The van der Waals surface area contributed by atoms with Crippen LogP contribution in [0.15, 0.2) is 83.1 Å². The molecule has 4 rings (SSSR count). The Labute approximate surface area is 208 Å². The fourth-order valence-corrected chi connectivity index (χ4v) is 4.30. The van der Waals surface area contributed by atoms with Crippen molar-refractivity contribution in [3.8, 4) is 5.75 Å². The van der Waals surface area contributed by atoms with Gasteiger partial charge in [-0.15, -0.1) is 0 Å². The van der Waals surface area contributed by atoms with Crippen molar-refractivity contribution >= 4 is 40.4 Å². The van der Waals surface area contributed by atoms with Crippen molar-refractivity contribution in [3.63, 3.8) is 0 Å². The number of ether oxygens (including phenoxy) is 1. The number of nitrogens with zero attached hydrogens (tertiary/aromatic N) is 3. The first-order valence-corrected chi connectivity index (χ1v) is 12.1. The highest BCUT2D eigenvalue weighted by atomic mass is 32.2. The van der Waals surface area contributed by atoms with Crippen LogP contribution in [-0.2, 0) is 16.1 Å². The molecule has 35 heavy (non-hydrogen) atoms. The van der Waals surface area contributed by atoms with E-state index in [4.69, 9.17) is 9.72 Å². The Hall–Kier alpha value is -3.91. The molecule has 0 radical (unpaired) electrons. The lowest BCUT2D eigenvalue weighted by Gasteiger charge is -2.09. The first-order valence-electron chi connectivity index (χ1n) is 11.1. The molecule has 0 bridgehead atoms. The third-order valence-electron chi connectivity index (χ3n) is 5.30. The van der Waals surface area contributed by atoms with Crippen molar-refractivity contribution in [1.82, 2.24) is 15.0 Å². The third kappa shape index (κ3) is 6.36. The molecule has 178 valence electrons. The predicted octanol–water partition coefficient (Wildman–Crippen LogP) is 4.95. The number of para-hydroxylation sites is 2. The fraction of sp³-hybridized carbons (Fsp3) is 0.185. The summed E-state index contributed by atoms with van der Waals surface area (Å²) in [6.45, 7) is 5.89. The van der Waals surface area contributed by atoms with Crippen LogP contribution in [0.1, 0.15) is 30.5 Å². The van der Waals surface area contributed by atoms with E-state index >= 15 is 0 Å². The van der Waals surface area contributed by atoms with Gasteiger partial charge >= 0.3 is 5.97 Å². The quantitative estimate of drug-likeness (QED) is 0.125. The lowest BCUT2D eigenvalue weighted by atomic mass is 10.1. The van der Waals surface area contributed by atoms with E-state index in [1.807, 2.05) is 24.3 Å². The van der Waals surface area contributed by atoms with Crippen LogP contribution < -0.4 is 10.2 Å². The molecule has 0 aliphatic rings. The summed E-state index contributed by atoms with van der Waals surface area (Å²) in [5.41, 5.74) is 8.38. The van der Waals surface area contributed by atoms with E-state index in [1.165, 1.54) is 29.8 Å². The minimum Gasteiger partial charge on any atom is -0.427 e. The normalized spacial score (nSPS) is 11.5. The molecule has 7 nitrogen and oxygen atoms in total. The number of fused-ring (bicyclic) bond motifs is 1. The second-order valence-corrected chi connectivity index (χ2v) is 9.04. The Morgan fingerprint density at radius 1 is 1.00 bits per heavy atom. The van der Waals surface area contributed by atoms with Gasteiger partial charge in [0, 0.05) is 6.92 Å². The van der Waals surface area contributed by atoms with Gasteiger partial charge in [-0.3, -0.25) is 9.59 Å². The topological polar surface area (TPSA) is 85.6 Å². The molecule has 0 aliphatic carbocycles. The van der Waals surface area contributed by atoms with E-state index in [2.05, 4.69) is 46.3 Å². The number of aryl methyl sites for hydroxylation is 1. The molecule has 0 saturated carbocycles. The van der Waals surface area contributed by atoms with Crippen LogP contribution in [0.3, 0.4) is 0 Å². The second-order valence-electron chi connectivity index (χ2n) is 8.09. The predicted molar refractivity (Wildman–Crippen MR) is 139 cm³/mol. The number of hydrogen-bond acceptors (Lipinski definition) is 6. The zero-order valence-electron chi connectivity index (χ0n) is 19.8. The first kappa shape index (κ1) is 24.2. The molecular weight excluding hydrogens is 460 g/mol. The Balaban J connectivity index is 1.42. The van der Waals surface area contributed by atoms with E-state index in [0.29, 0.717) is 18.0 Å². The maximum Gasteiger partial charge on any atom is 0.308 e. The number of thioether (sulfide) groups is 1. The molecule has 0 unspecified atom stereocenters.